The molecular formula is C16H20FNO3. The lowest BCUT2D eigenvalue weighted by atomic mass is 9.98. The summed E-state index contributed by atoms with van der Waals surface area (Å²) in [7, 11) is 0. The minimum Gasteiger partial charge on any atom is -0.505 e. The SMILES string of the molecule is C/C=C(/C(N)=O)C(=O)c1cc(F)c(O)cc1C.CC1CC1. The number of hydrogen-bond donors (Lipinski definition) is 2. The molecule has 21 heavy (non-hydrogen) atoms. The maximum atomic E-state index is 13.2. The first-order chi connectivity index (χ1) is 9.77. The molecule has 0 aliphatic heterocycles. The number of rotatable bonds is 3. The Morgan fingerprint density at radius 2 is 1.90 bits per heavy atom. The number of Topliss-reactive ketones (excluding diaryl/α,β-unsaturated/α-hetero) is 1. The zero-order chi connectivity index (χ0) is 16.2. The summed E-state index contributed by atoms with van der Waals surface area (Å²) in [6.45, 7) is 5.30. The number of hydrogen-bond acceptors (Lipinski definition) is 3. The van der Waals surface area contributed by atoms with Crippen LogP contribution in [0.3, 0.4) is 0 Å². The summed E-state index contributed by atoms with van der Waals surface area (Å²) in [6.07, 6.45) is 4.24. The van der Waals surface area contributed by atoms with E-state index in [-0.39, 0.29) is 11.1 Å². The van der Waals surface area contributed by atoms with Crippen molar-refractivity contribution in [3.05, 3.63) is 40.7 Å². The number of carbonyl (C=O) groups is 2. The third kappa shape index (κ3) is 4.70. The molecule has 0 radical (unpaired) electrons. The van der Waals surface area contributed by atoms with Gasteiger partial charge in [-0.3, -0.25) is 9.59 Å². The highest BCUT2D eigenvalue weighted by atomic mass is 19.1. The van der Waals surface area contributed by atoms with Gasteiger partial charge in [-0.05, 0) is 37.5 Å². The van der Waals surface area contributed by atoms with E-state index in [0.29, 0.717) is 5.56 Å². The Labute approximate surface area is 123 Å². The number of carbonyl (C=O) groups excluding carboxylic acids is 2. The molecule has 0 spiro atoms. The first-order valence-corrected chi connectivity index (χ1v) is 6.77. The predicted molar refractivity (Wildman–Crippen MR) is 78.5 cm³/mol. The fourth-order valence-electron chi connectivity index (χ4n) is 1.61. The van der Waals surface area contributed by atoms with Crippen LogP contribution in [0.2, 0.25) is 0 Å². The standard InChI is InChI=1S/C12H12FNO3.C4H8/c1-3-7(12(14)17)11(16)8-5-9(13)10(15)4-6(8)2;1-4-2-3-4/h3-5,15H,1-2H3,(H2,14,17);4H,2-3H2,1H3/b7-3+;. The van der Waals surface area contributed by atoms with Gasteiger partial charge in [-0.15, -0.1) is 0 Å². The minimum absolute atomic E-state index is 0.00667. The average molecular weight is 293 g/mol. The molecule has 2 rings (SSSR count). The summed E-state index contributed by atoms with van der Waals surface area (Å²) in [5.41, 5.74) is 5.20. The van der Waals surface area contributed by atoms with Gasteiger partial charge in [0.25, 0.3) is 5.91 Å². The average Bonchev–Trinajstić information content (AvgIpc) is 3.17. The van der Waals surface area contributed by atoms with Crippen LogP contribution in [0.5, 0.6) is 5.75 Å². The molecule has 114 valence electrons. The highest BCUT2D eigenvalue weighted by Gasteiger charge is 2.20. The number of phenols is 1. The largest absolute Gasteiger partial charge is 0.505 e. The smallest absolute Gasteiger partial charge is 0.252 e. The Balaban J connectivity index is 0.000000471. The molecule has 1 aliphatic rings. The third-order valence-corrected chi connectivity index (χ3v) is 3.20. The van der Waals surface area contributed by atoms with Gasteiger partial charge in [0.15, 0.2) is 17.3 Å². The van der Waals surface area contributed by atoms with Crippen molar-refractivity contribution in [1.82, 2.24) is 0 Å². The van der Waals surface area contributed by atoms with Crippen LogP contribution in [0.4, 0.5) is 4.39 Å². The van der Waals surface area contributed by atoms with E-state index < -0.39 is 23.3 Å². The van der Waals surface area contributed by atoms with Crippen LogP contribution in [-0.4, -0.2) is 16.8 Å². The van der Waals surface area contributed by atoms with Gasteiger partial charge < -0.3 is 10.8 Å². The van der Waals surface area contributed by atoms with E-state index in [4.69, 9.17) is 10.8 Å². The fourth-order valence-corrected chi connectivity index (χ4v) is 1.61. The van der Waals surface area contributed by atoms with E-state index in [2.05, 4.69) is 6.92 Å². The molecule has 4 nitrogen and oxygen atoms in total. The number of nitrogens with two attached hydrogens (primary N) is 1. The lowest BCUT2D eigenvalue weighted by molar-refractivity contribution is -0.114. The highest BCUT2D eigenvalue weighted by molar-refractivity contribution is 6.25. The molecule has 0 saturated heterocycles. The Morgan fingerprint density at radius 1 is 1.38 bits per heavy atom. The predicted octanol–water partition coefficient (Wildman–Crippen LogP) is 2.87. The zero-order valence-electron chi connectivity index (χ0n) is 12.4. The molecule has 1 aromatic carbocycles. The molecule has 0 heterocycles. The molecule has 1 aliphatic carbocycles. The second-order valence-electron chi connectivity index (χ2n) is 5.20. The number of benzene rings is 1. The first-order valence-electron chi connectivity index (χ1n) is 6.77. The Bertz CT molecular complexity index is 589. The van der Waals surface area contributed by atoms with Crippen molar-refractivity contribution in [2.75, 3.05) is 0 Å². The van der Waals surface area contributed by atoms with Crippen LogP contribution in [0.1, 0.15) is 42.6 Å². The van der Waals surface area contributed by atoms with E-state index in [1.54, 1.807) is 0 Å². The maximum absolute atomic E-state index is 13.2. The van der Waals surface area contributed by atoms with Crippen LogP contribution < -0.4 is 5.73 Å². The summed E-state index contributed by atoms with van der Waals surface area (Å²) in [5, 5.41) is 9.12. The van der Waals surface area contributed by atoms with Crippen molar-refractivity contribution in [3.8, 4) is 5.75 Å². The number of allylic oxidation sites excluding steroid dienone is 1. The molecule has 0 aromatic heterocycles. The van der Waals surface area contributed by atoms with Gasteiger partial charge in [0.05, 0.1) is 5.57 Å². The van der Waals surface area contributed by atoms with Crippen LogP contribution in [0.15, 0.2) is 23.8 Å². The number of halogens is 1. The molecule has 3 N–H and O–H groups in total. The summed E-state index contributed by atoms with van der Waals surface area (Å²) < 4.78 is 13.2. The lowest BCUT2D eigenvalue weighted by Gasteiger charge is -2.07. The molecule has 1 saturated carbocycles. The van der Waals surface area contributed by atoms with Crippen molar-refractivity contribution < 1.29 is 19.1 Å². The molecular weight excluding hydrogens is 273 g/mol. The summed E-state index contributed by atoms with van der Waals surface area (Å²) >= 11 is 0. The molecule has 1 fully saturated rings. The van der Waals surface area contributed by atoms with E-state index in [1.807, 2.05) is 0 Å². The van der Waals surface area contributed by atoms with E-state index >= 15 is 0 Å². The van der Waals surface area contributed by atoms with Crippen LogP contribution in [0.25, 0.3) is 0 Å². The van der Waals surface area contributed by atoms with Crippen molar-refractivity contribution in [2.24, 2.45) is 11.7 Å². The zero-order valence-corrected chi connectivity index (χ0v) is 12.4. The van der Waals surface area contributed by atoms with Crippen molar-refractivity contribution >= 4 is 11.7 Å². The lowest BCUT2D eigenvalue weighted by Crippen LogP contribution is -2.21. The Hall–Kier alpha value is -2.17. The van der Waals surface area contributed by atoms with Gasteiger partial charge in [-0.1, -0.05) is 25.8 Å². The topological polar surface area (TPSA) is 80.4 Å². The maximum Gasteiger partial charge on any atom is 0.252 e. The normalized spacial score (nSPS) is 14.2. The molecule has 0 bridgehead atoms. The molecule has 5 heteroatoms. The van der Waals surface area contributed by atoms with Crippen molar-refractivity contribution in [1.29, 1.82) is 0 Å². The summed E-state index contributed by atoms with van der Waals surface area (Å²) in [5.74, 6) is -1.90. The summed E-state index contributed by atoms with van der Waals surface area (Å²) in [6, 6.07) is 2.01. The van der Waals surface area contributed by atoms with E-state index in [1.165, 1.54) is 32.8 Å². The quantitative estimate of drug-likeness (QED) is 0.389. The first kappa shape index (κ1) is 16.9. The number of amides is 1. The Morgan fingerprint density at radius 3 is 2.29 bits per heavy atom. The second-order valence-corrected chi connectivity index (χ2v) is 5.20. The second kappa shape index (κ2) is 7.02. The summed E-state index contributed by atoms with van der Waals surface area (Å²) in [4.78, 5) is 22.9. The Kier molecular flexibility index (Phi) is 5.64. The van der Waals surface area contributed by atoms with Crippen LogP contribution in [0, 0.1) is 18.7 Å². The number of phenolic OH excluding ortho intramolecular Hbond substituents is 1. The van der Waals surface area contributed by atoms with Gasteiger partial charge in [0, 0.05) is 5.56 Å². The third-order valence-electron chi connectivity index (χ3n) is 3.20. The van der Waals surface area contributed by atoms with Gasteiger partial charge in [-0.25, -0.2) is 4.39 Å². The highest BCUT2D eigenvalue weighted by Crippen LogP contribution is 2.26. The monoisotopic (exact) mass is 293 g/mol. The number of aromatic hydroxyl groups is 1. The molecule has 1 aromatic rings. The number of aryl methyl sites for hydroxylation is 1. The molecule has 1 amide bonds. The number of primary amides is 1. The van der Waals surface area contributed by atoms with Crippen LogP contribution >= 0.6 is 0 Å². The van der Waals surface area contributed by atoms with Gasteiger partial charge in [-0.2, -0.15) is 0 Å². The van der Waals surface area contributed by atoms with Gasteiger partial charge in [0.2, 0.25) is 0 Å². The van der Waals surface area contributed by atoms with Crippen LogP contribution in [-0.2, 0) is 4.79 Å². The minimum atomic E-state index is -0.918. The molecule has 0 unspecified atom stereocenters. The van der Waals surface area contributed by atoms with Crippen molar-refractivity contribution in [3.63, 3.8) is 0 Å². The fraction of sp³-hybridized carbons (Fsp3) is 0.375. The van der Waals surface area contributed by atoms with Gasteiger partial charge in [0.1, 0.15) is 0 Å². The van der Waals surface area contributed by atoms with Gasteiger partial charge >= 0.3 is 0 Å². The molecule has 0 atom stereocenters. The number of ketones is 1. The van der Waals surface area contributed by atoms with E-state index in [0.717, 1.165) is 18.1 Å². The van der Waals surface area contributed by atoms with Crippen molar-refractivity contribution in [2.45, 2.75) is 33.6 Å². The van der Waals surface area contributed by atoms with E-state index in [9.17, 15) is 14.0 Å².